The molecule has 0 aromatic carbocycles. The van der Waals surface area contributed by atoms with Crippen LogP contribution in [0.4, 0.5) is 0 Å². The van der Waals surface area contributed by atoms with E-state index in [9.17, 15) is 0 Å². The summed E-state index contributed by atoms with van der Waals surface area (Å²) in [7, 11) is 0. The highest BCUT2D eigenvalue weighted by Gasteiger charge is 2.32. The average molecular weight is 210 g/mol. The lowest BCUT2D eigenvalue weighted by atomic mass is 10.4. The van der Waals surface area contributed by atoms with Crippen LogP contribution in [0.3, 0.4) is 0 Å². The van der Waals surface area contributed by atoms with Crippen LogP contribution in [-0.2, 0) is 9.47 Å². The molecule has 0 amide bonds. The molecule has 0 saturated carbocycles. The molecule has 82 valence electrons. The minimum Gasteiger partial charge on any atom is -0.488 e. The second kappa shape index (κ2) is 4.12. The van der Waals surface area contributed by atoms with Crippen molar-refractivity contribution in [2.75, 3.05) is 13.2 Å². The Morgan fingerprint density at radius 3 is 2.80 bits per heavy atom. The quantitative estimate of drug-likeness (QED) is 0.745. The molecule has 0 radical (unpaired) electrons. The van der Waals surface area contributed by atoms with Crippen molar-refractivity contribution < 1.29 is 14.2 Å². The van der Waals surface area contributed by atoms with Gasteiger partial charge in [-0.15, -0.1) is 0 Å². The Bertz CT molecular complexity index is 316. The van der Waals surface area contributed by atoms with E-state index < -0.39 is 5.79 Å². The van der Waals surface area contributed by atoms with Crippen molar-refractivity contribution in [3.8, 4) is 5.75 Å². The minimum absolute atomic E-state index is 0.0276. The number of nitrogens with zero attached hydrogens (tertiary/aromatic N) is 2. The first-order chi connectivity index (χ1) is 7.16. The molecule has 1 saturated heterocycles. The van der Waals surface area contributed by atoms with Gasteiger partial charge in [-0.2, -0.15) is 0 Å². The molecule has 5 nitrogen and oxygen atoms in total. The maximum absolute atomic E-state index is 5.58. The molecule has 1 aliphatic heterocycles. The molecule has 0 spiro atoms. The fourth-order valence-corrected chi connectivity index (χ4v) is 1.39. The normalized spacial score (nSPS) is 24.0. The van der Waals surface area contributed by atoms with Crippen LogP contribution in [0.1, 0.15) is 13.8 Å². The van der Waals surface area contributed by atoms with Gasteiger partial charge in [0, 0.05) is 0 Å². The van der Waals surface area contributed by atoms with Gasteiger partial charge in [0.15, 0.2) is 11.5 Å². The summed E-state index contributed by atoms with van der Waals surface area (Å²) in [6.45, 7) is 4.79. The predicted octanol–water partition coefficient (Wildman–Crippen LogP) is 1.01. The summed E-state index contributed by atoms with van der Waals surface area (Å²) in [6.07, 6.45) is 4.67. The van der Waals surface area contributed by atoms with Crippen LogP contribution in [-0.4, -0.2) is 35.1 Å². The fourth-order valence-electron chi connectivity index (χ4n) is 1.39. The molecule has 1 aliphatic rings. The molecular formula is C10H14N2O3. The number of rotatable bonds is 3. The van der Waals surface area contributed by atoms with Crippen LogP contribution in [0.25, 0.3) is 0 Å². The standard InChI is InChI=1S/C10H14N2O3/c1-10(2)14-6-9(15-10)5-13-8-3-11-7-12-4-8/h3-4,7,9H,5-6H2,1-2H3/t9-/m0/s1. The second-order valence-electron chi connectivity index (χ2n) is 3.84. The highest BCUT2D eigenvalue weighted by molar-refractivity contribution is 5.09. The van der Waals surface area contributed by atoms with Gasteiger partial charge in [0.05, 0.1) is 19.0 Å². The Hall–Kier alpha value is -1.20. The Labute approximate surface area is 88.4 Å². The van der Waals surface area contributed by atoms with Crippen LogP contribution >= 0.6 is 0 Å². The van der Waals surface area contributed by atoms with E-state index in [0.29, 0.717) is 19.0 Å². The molecule has 1 fully saturated rings. The van der Waals surface area contributed by atoms with Crippen LogP contribution in [0.2, 0.25) is 0 Å². The van der Waals surface area contributed by atoms with Crippen molar-refractivity contribution in [1.29, 1.82) is 0 Å². The minimum atomic E-state index is -0.499. The van der Waals surface area contributed by atoms with Gasteiger partial charge in [0.25, 0.3) is 0 Å². The Kier molecular flexibility index (Phi) is 2.83. The number of aromatic nitrogens is 2. The molecule has 1 aromatic heterocycles. The van der Waals surface area contributed by atoms with E-state index in [0.717, 1.165) is 0 Å². The van der Waals surface area contributed by atoms with Gasteiger partial charge in [-0.3, -0.25) is 0 Å². The van der Waals surface area contributed by atoms with Gasteiger partial charge >= 0.3 is 0 Å². The number of hydrogen-bond donors (Lipinski definition) is 0. The topological polar surface area (TPSA) is 53.5 Å². The largest absolute Gasteiger partial charge is 0.488 e. The van der Waals surface area contributed by atoms with E-state index in [1.165, 1.54) is 6.33 Å². The van der Waals surface area contributed by atoms with Crippen molar-refractivity contribution in [2.24, 2.45) is 0 Å². The molecule has 0 N–H and O–H groups in total. The Morgan fingerprint density at radius 2 is 2.20 bits per heavy atom. The molecule has 2 rings (SSSR count). The van der Waals surface area contributed by atoms with E-state index in [-0.39, 0.29) is 6.10 Å². The zero-order valence-electron chi connectivity index (χ0n) is 8.84. The van der Waals surface area contributed by atoms with Crippen LogP contribution < -0.4 is 4.74 Å². The van der Waals surface area contributed by atoms with E-state index in [2.05, 4.69) is 9.97 Å². The van der Waals surface area contributed by atoms with E-state index in [4.69, 9.17) is 14.2 Å². The highest BCUT2D eigenvalue weighted by atomic mass is 16.7. The second-order valence-corrected chi connectivity index (χ2v) is 3.84. The van der Waals surface area contributed by atoms with Crippen molar-refractivity contribution in [3.63, 3.8) is 0 Å². The summed E-state index contributed by atoms with van der Waals surface area (Å²) in [5.74, 6) is 0.145. The summed E-state index contributed by atoms with van der Waals surface area (Å²) >= 11 is 0. The first-order valence-electron chi connectivity index (χ1n) is 4.85. The molecule has 5 heteroatoms. The first kappa shape index (κ1) is 10.3. The van der Waals surface area contributed by atoms with E-state index >= 15 is 0 Å². The summed E-state index contributed by atoms with van der Waals surface area (Å²) < 4.78 is 16.4. The summed E-state index contributed by atoms with van der Waals surface area (Å²) in [4.78, 5) is 7.70. The Morgan fingerprint density at radius 1 is 1.47 bits per heavy atom. The summed E-state index contributed by atoms with van der Waals surface area (Å²) in [5.41, 5.74) is 0. The van der Waals surface area contributed by atoms with Gasteiger partial charge in [-0.05, 0) is 13.8 Å². The third-order valence-corrected chi connectivity index (χ3v) is 2.04. The van der Waals surface area contributed by atoms with Gasteiger partial charge in [-0.25, -0.2) is 9.97 Å². The van der Waals surface area contributed by atoms with Gasteiger partial charge in [-0.1, -0.05) is 0 Å². The molecule has 1 aromatic rings. The lowest BCUT2D eigenvalue weighted by Crippen LogP contribution is -2.25. The van der Waals surface area contributed by atoms with E-state index in [1.54, 1.807) is 12.4 Å². The molecule has 0 bridgehead atoms. The predicted molar refractivity (Wildman–Crippen MR) is 52.4 cm³/mol. The van der Waals surface area contributed by atoms with Crippen LogP contribution in [0.15, 0.2) is 18.7 Å². The zero-order valence-corrected chi connectivity index (χ0v) is 8.84. The highest BCUT2D eigenvalue weighted by Crippen LogP contribution is 2.22. The summed E-state index contributed by atoms with van der Waals surface area (Å²) in [5, 5.41) is 0. The van der Waals surface area contributed by atoms with Gasteiger partial charge < -0.3 is 14.2 Å². The molecule has 15 heavy (non-hydrogen) atoms. The van der Waals surface area contributed by atoms with Crippen molar-refractivity contribution in [2.45, 2.75) is 25.7 Å². The number of ether oxygens (including phenoxy) is 3. The molecule has 0 unspecified atom stereocenters. The maximum atomic E-state index is 5.58. The average Bonchev–Trinajstić information content (AvgIpc) is 2.57. The van der Waals surface area contributed by atoms with Crippen molar-refractivity contribution in [1.82, 2.24) is 9.97 Å². The van der Waals surface area contributed by atoms with E-state index in [1.807, 2.05) is 13.8 Å². The maximum Gasteiger partial charge on any atom is 0.163 e. The molecular weight excluding hydrogens is 196 g/mol. The van der Waals surface area contributed by atoms with Gasteiger partial charge in [0.2, 0.25) is 0 Å². The first-order valence-corrected chi connectivity index (χ1v) is 4.85. The summed E-state index contributed by atoms with van der Waals surface area (Å²) in [6, 6.07) is 0. The lowest BCUT2D eigenvalue weighted by molar-refractivity contribution is -0.141. The third-order valence-electron chi connectivity index (χ3n) is 2.04. The van der Waals surface area contributed by atoms with Crippen LogP contribution in [0.5, 0.6) is 5.75 Å². The Balaban J connectivity index is 1.80. The lowest BCUT2D eigenvalue weighted by Gasteiger charge is -2.17. The SMILES string of the molecule is CC1(C)OC[C@H](COc2cncnc2)O1. The van der Waals surface area contributed by atoms with Crippen LogP contribution in [0, 0.1) is 0 Å². The van der Waals surface area contributed by atoms with Crippen molar-refractivity contribution in [3.05, 3.63) is 18.7 Å². The molecule has 1 atom stereocenters. The molecule has 0 aliphatic carbocycles. The number of hydrogen-bond acceptors (Lipinski definition) is 5. The molecule has 2 heterocycles. The smallest absolute Gasteiger partial charge is 0.163 e. The third kappa shape index (κ3) is 2.87. The monoisotopic (exact) mass is 210 g/mol. The zero-order chi connectivity index (χ0) is 10.7. The van der Waals surface area contributed by atoms with Gasteiger partial charge in [0.1, 0.15) is 19.0 Å². The fraction of sp³-hybridized carbons (Fsp3) is 0.600. The van der Waals surface area contributed by atoms with Crippen molar-refractivity contribution >= 4 is 0 Å².